The van der Waals surface area contributed by atoms with Crippen LogP contribution in [0.5, 0.6) is 0 Å². The van der Waals surface area contributed by atoms with Crippen molar-refractivity contribution < 1.29 is 9.50 Å². The molecule has 0 aliphatic carbocycles. The van der Waals surface area contributed by atoms with Gasteiger partial charge in [-0.3, -0.25) is 0 Å². The maximum absolute atomic E-state index is 13.6. The highest BCUT2D eigenvalue weighted by atomic mass is 19.1. The highest BCUT2D eigenvalue weighted by Gasteiger charge is 2.21. The van der Waals surface area contributed by atoms with Crippen molar-refractivity contribution in [2.75, 3.05) is 24.6 Å². The van der Waals surface area contributed by atoms with Gasteiger partial charge in [-0.15, -0.1) is 0 Å². The van der Waals surface area contributed by atoms with Crippen LogP contribution in [0.2, 0.25) is 0 Å². The van der Waals surface area contributed by atoms with Gasteiger partial charge in [0.25, 0.3) is 0 Å². The Hall–Kier alpha value is -1.13. The molecular formula is C13H19FN2O. The zero-order valence-corrected chi connectivity index (χ0v) is 9.90. The van der Waals surface area contributed by atoms with E-state index in [4.69, 9.17) is 5.73 Å². The highest BCUT2D eigenvalue weighted by Crippen LogP contribution is 2.27. The number of hydrogen-bond donors (Lipinski definition) is 2. The van der Waals surface area contributed by atoms with Gasteiger partial charge in [0.15, 0.2) is 0 Å². The molecule has 94 valence electrons. The Bertz CT molecular complexity index is 384. The molecule has 0 amide bonds. The Morgan fingerprint density at radius 3 is 3.00 bits per heavy atom. The van der Waals surface area contributed by atoms with Crippen molar-refractivity contribution in [3.8, 4) is 0 Å². The molecule has 1 atom stereocenters. The van der Waals surface area contributed by atoms with Crippen LogP contribution in [0.15, 0.2) is 18.2 Å². The summed E-state index contributed by atoms with van der Waals surface area (Å²) in [7, 11) is 0. The van der Waals surface area contributed by atoms with E-state index in [9.17, 15) is 9.50 Å². The molecule has 1 heterocycles. The molecule has 1 fully saturated rings. The minimum atomic E-state index is -0.240. The smallest absolute Gasteiger partial charge is 0.129 e. The number of hydrogen-bond acceptors (Lipinski definition) is 3. The molecule has 2 rings (SSSR count). The van der Waals surface area contributed by atoms with Gasteiger partial charge in [0.2, 0.25) is 0 Å². The fraction of sp³-hybridized carbons (Fsp3) is 0.538. The summed E-state index contributed by atoms with van der Waals surface area (Å²) in [6.45, 7) is 2.10. The number of piperidine rings is 1. The number of rotatable bonds is 3. The van der Waals surface area contributed by atoms with Crippen molar-refractivity contribution in [3.63, 3.8) is 0 Å². The molecule has 0 bridgehead atoms. The van der Waals surface area contributed by atoms with Crippen molar-refractivity contribution in [3.05, 3.63) is 29.6 Å². The molecule has 0 spiro atoms. The first-order valence-corrected chi connectivity index (χ1v) is 6.09. The maximum atomic E-state index is 13.6. The lowest BCUT2D eigenvalue weighted by atomic mass is 9.97. The van der Waals surface area contributed by atoms with Gasteiger partial charge in [-0.1, -0.05) is 6.07 Å². The van der Waals surface area contributed by atoms with Crippen LogP contribution in [-0.2, 0) is 6.54 Å². The maximum Gasteiger partial charge on any atom is 0.129 e. The summed E-state index contributed by atoms with van der Waals surface area (Å²) in [5, 5.41) is 9.21. The third-order valence-corrected chi connectivity index (χ3v) is 3.42. The van der Waals surface area contributed by atoms with E-state index >= 15 is 0 Å². The molecule has 1 aromatic rings. The zero-order valence-electron chi connectivity index (χ0n) is 9.90. The van der Waals surface area contributed by atoms with Gasteiger partial charge in [-0.25, -0.2) is 4.39 Å². The lowest BCUT2D eigenvalue weighted by molar-refractivity contribution is 0.208. The average Bonchev–Trinajstić information content (AvgIpc) is 2.38. The normalized spacial score (nSPS) is 20.6. The summed E-state index contributed by atoms with van der Waals surface area (Å²) < 4.78 is 13.6. The first kappa shape index (κ1) is 12.3. The number of anilines is 1. The number of benzene rings is 1. The van der Waals surface area contributed by atoms with Crippen LogP contribution in [0, 0.1) is 11.7 Å². The third kappa shape index (κ3) is 2.58. The van der Waals surface area contributed by atoms with E-state index in [0.717, 1.165) is 31.6 Å². The van der Waals surface area contributed by atoms with Crippen molar-refractivity contribution in [1.29, 1.82) is 0 Å². The molecule has 3 nitrogen and oxygen atoms in total. The summed E-state index contributed by atoms with van der Waals surface area (Å²) >= 11 is 0. The summed E-state index contributed by atoms with van der Waals surface area (Å²) in [6.07, 6.45) is 2.08. The van der Waals surface area contributed by atoms with Crippen LogP contribution < -0.4 is 10.6 Å². The predicted molar refractivity (Wildman–Crippen MR) is 66.3 cm³/mol. The number of nitrogens with zero attached hydrogens (tertiary/aromatic N) is 1. The standard InChI is InChI=1S/C13H19FN2O/c14-12-4-1-5-13(11(12)7-15)16-6-2-3-10(8-16)9-17/h1,4-5,10,17H,2-3,6-9,15H2. The number of nitrogens with two attached hydrogens (primary N) is 1. The third-order valence-electron chi connectivity index (χ3n) is 3.42. The molecule has 1 aliphatic heterocycles. The van der Waals surface area contributed by atoms with E-state index in [1.54, 1.807) is 6.07 Å². The van der Waals surface area contributed by atoms with Crippen LogP contribution in [0.4, 0.5) is 10.1 Å². The summed E-state index contributed by atoms with van der Waals surface area (Å²) in [4.78, 5) is 2.13. The molecule has 0 radical (unpaired) electrons. The van der Waals surface area contributed by atoms with Crippen molar-refractivity contribution in [1.82, 2.24) is 0 Å². The lowest BCUT2D eigenvalue weighted by Crippen LogP contribution is -2.37. The van der Waals surface area contributed by atoms with Gasteiger partial charge in [0.1, 0.15) is 5.82 Å². The number of aliphatic hydroxyl groups is 1. The van der Waals surface area contributed by atoms with Gasteiger partial charge in [0, 0.05) is 37.5 Å². The lowest BCUT2D eigenvalue weighted by Gasteiger charge is -2.34. The quantitative estimate of drug-likeness (QED) is 0.839. The highest BCUT2D eigenvalue weighted by molar-refractivity contribution is 5.54. The summed E-state index contributed by atoms with van der Waals surface area (Å²) in [6, 6.07) is 5.07. The Kier molecular flexibility index (Phi) is 3.97. The molecule has 17 heavy (non-hydrogen) atoms. The van der Waals surface area contributed by atoms with Crippen LogP contribution >= 0.6 is 0 Å². The van der Waals surface area contributed by atoms with Crippen LogP contribution in [0.3, 0.4) is 0 Å². The first-order valence-electron chi connectivity index (χ1n) is 6.09. The molecule has 1 aliphatic rings. The Balaban J connectivity index is 2.24. The monoisotopic (exact) mass is 238 g/mol. The Morgan fingerprint density at radius 2 is 2.29 bits per heavy atom. The fourth-order valence-corrected chi connectivity index (χ4v) is 2.48. The molecule has 1 unspecified atom stereocenters. The second-order valence-corrected chi connectivity index (χ2v) is 4.58. The fourth-order valence-electron chi connectivity index (χ4n) is 2.48. The second-order valence-electron chi connectivity index (χ2n) is 4.58. The van der Waals surface area contributed by atoms with Crippen molar-refractivity contribution in [2.24, 2.45) is 11.7 Å². The minimum absolute atomic E-state index is 0.198. The number of aliphatic hydroxyl groups excluding tert-OH is 1. The Labute approximate surface area is 101 Å². The van der Waals surface area contributed by atoms with Gasteiger partial charge in [-0.2, -0.15) is 0 Å². The van der Waals surface area contributed by atoms with Crippen LogP contribution in [0.1, 0.15) is 18.4 Å². The van der Waals surface area contributed by atoms with E-state index in [-0.39, 0.29) is 24.9 Å². The van der Waals surface area contributed by atoms with Crippen molar-refractivity contribution in [2.45, 2.75) is 19.4 Å². The van der Waals surface area contributed by atoms with E-state index in [2.05, 4.69) is 4.90 Å². The molecule has 0 aromatic heterocycles. The van der Waals surface area contributed by atoms with E-state index in [0.29, 0.717) is 5.56 Å². The number of halogens is 1. The molecule has 1 saturated heterocycles. The van der Waals surface area contributed by atoms with Crippen LogP contribution in [0.25, 0.3) is 0 Å². The molecule has 1 aromatic carbocycles. The SMILES string of the molecule is NCc1c(F)cccc1N1CCCC(CO)C1. The molecule has 4 heteroatoms. The zero-order chi connectivity index (χ0) is 12.3. The van der Waals surface area contributed by atoms with Crippen molar-refractivity contribution >= 4 is 5.69 Å². The molecular weight excluding hydrogens is 219 g/mol. The van der Waals surface area contributed by atoms with Crippen LogP contribution in [-0.4, -0.2) is 24.8 Å². The summed E-state index contributed by atoms with van der Waals surface area (Å²) in [5.41, 5.74) is 7.06. The predicted octanol–water partition coefficient (Wildman–Crippen LogP) is 1.49. The minimum Gasteiger partial charge on any atom is -0.396 e. The Morgan fingerprint density at radius 1 is 1.47 bits per heavy atom. The van der Waals surface area contributed by atoms with E-state index in [1.807, 2.05) is 6.07 Å². The van der Waals surface area contributed by atoms with E-state index < -0.39 is 0 Å². The van der Waals surface area contributed by atoms with Gasteiger partial charge in [0.05, 0.1) is 0 Å². The molecule has 0 saturated carbocycles. The first-order chi connectivity index (χ1) is 8.26. The van der Waals surface area contributed by atoms with Gasteiger partial charge in [-0.05, 0) is 30.9 Å². The topological polar surface area (TPSA) is 49.5 Å². The molecule has 3 N–H and O–H groups in total. The summed E-state index contributed by atoms with van der Waals surface area (Å²) in [5.74, 6) is 0.0498. The van der Waals surface area contributed by atoms with E-state index in [1.165, 1.54) is 6.07 Å². The second kappa shape index (κ2) is 5.47. The average molecular weight is 238 g/mol. The largest absolute Gasteiger partial charge is 0.396 e. The van der Waals surface area contributed by atoms with Gasteiger partial charge < -0.3 is 15.7 Å². The van der Waals surface area contributed by atoms with Gasteiger partial charge >= 0.3 is 0 Å².